The summed E-state index contributed by atoms with van der Waals surface area (Å²) in [5.74, 6) is 1.75. The van der Waals surface area contributed by atoms with Crippen LogP contribution in [0.15, 0.2) is 30.9 Å². The number of rotatable bonds is 3. The van der Waals surface area contributed by atoms with Crippen molar-refractivity contribution < 1.29 is 4.79 Å². The first-order chi connectivity index (χ1) is 9.24. The van der Waals surface area contributed by atoms with Crippen LogP contribution in [-0.2, 0) is 13.0 Å². The van der Waals surface area contributed by atoms with Gasteiger partial charge in [-0.15, -0.1) is 0 Å². The van der Waals surface area contributed by atoms with Crippen LogP contribution in [-0.4, -0.2) is 38.9 Å². The van der Waals surface area contributed by atoms with Crippen molar-refractivity contribution in [3.8, 4) is 0 Å². The molecule has 0 saturated heterocycles. The van der Waals surface area contributed by atoms with Gasteiger partial charge in [-0.25, -0.2) is 4.98 Å². The molecular weight excluding hydrogens is 240 g/mol. The molecule has 0 aliphatic carbocycles. The van der Waals surface area contributed by atoms with Crippen LogP contribution in [0.4, 0.5) is 0 Å². The molecule has 5 heteroatoms. The standard InChI is InChI=1S/C14H18N4O/c1-17(14(19)12-4-5-15-8-12)9-11-2-3-13-16-6-7-18(13)10-11/h4-8,11,15H,2-3,9-10H2,1H3/t11-/m1/s1. The van der Waals surface area contributed by atoms with Crippen molar-refractivity contribution in [1.29, 1.82) is 0 Å². The van der Waals surface area contributed by atoms with E-state index in [-0.39, 0.29) is 5.91 Å². The summed E-state index contributed by atoms with van der Waals surface area (Å²) in [6, 6.07) is 1.81. The number of nitrogens with zero attached hydrogens (tertiary/aromatic N) is 3. The van der Waals surface area contributed by atoms with Crippen LogP contribution in [0.3, 0.4) is 0 Å². The molecule has 1 aliphatic rings. The van der Waals surface area contributed by atoms with Gasteiger partial charge in [0.1, 0.15) is 5.82 Å². The fraction of sp³-hybridized carbons (Fsp3) is 0.429. The number of carbonyl (C=O) groups is 1. The van der Waals surface area contributed by atoms with Crippen LogP contribution in [0.2, 0.25) is 0 Å². The number of imidazole rings is 1. The summed E-state index contributed by atoms with van der Waals surface area (Å²) in [5, 5.41) is 0. The summed E-state index contributed by atoms with van der Waals surface area (Å²) < 4.78 is 2.20. The number of nitrogens with one attached hydrogen (secondary N) is 1. The monoisotopic (exact) mass is 258 g/mol. The smallest absolute Gasteiger partial charge is 0.255 e. The van der Waals surface area contributed by atoms with Crippen LogP contribution in [0.5, 0.6) is 0 Å². The lowest BCUT2D eigenvalue weighted by molar-refractivity contribution is 0.0761. The molecule has 2 aromatic rings. The summed E-state index contributed by atoms with van der Waals surface area (Å²) in [4.78, 5) is 21.2. The van der Waals surface area contributed by atoms with Gasteiger partial charge in [0, 0.05) is 51.3 Å². The maximum absolute atomic E-state index is 12.2. The van der Waals surface area contributed by atoms with E-state index in [0.717, 1.165) is 37.3 Å². The van der Waals surface area contributed by atoms with Gasteiger partial charge in [-0.05, 0) is 18.4 Å². The number of aromatic amines is 1. The zero-order chi connectivity index (χ0) is 13.2. The first-order valence-corrected chi connectivity index (χ1v) is 6.62. The highest BCUT2D eigenvalue weighted by Gasteiger charge is 2.22. The number of amides is 1. The third kappa shape index (κ3) is 2.41. The van der Waals surface area contributed by atoms with Gasteiger partial charge in [-0.3, -0.25) is 4.79 Å². The predicted octanol–water partition coefficient (Wildman–Crippen LogP) is 1.55. The number of aromatic nitrogens is 3. The Balaban J connectivity index is 1.62. The lowest BCUT2D eigenvalue weighted by atomic mass is 9.99. The SMILES string of the molecule is CN(C[C@H]1CCc2nccn2C1)C(=O)c1cc[nH]c1. The average Bonchev–Trinajstić information content (AvgIpc) is 3.08. The molecule has 3 rings (SSSR count). The van der Waals surface area contributed by atoms with Gasteiger partial charge in [0.15, 0.2) is 0 Å². The number of fused-ring (bicyclic) bond motifs is 1. The Bertz CT molecular complexity index is 558. The van der Waals surface area contributed by atoms with E-state index in [1.807, 2.05) is 30.4 Å². The van der Waals surface area contributed by atoms with Gasteiger partial charge in [0.2, 0.25) is 0 Å². The lowest BCUT2D eigenvalue weighted by Gasteiger charge is -2.28. The minimum Gasteiger partial charge on any atom is -0.367 e. The largest absolute Gasteiger partial charge is 0.367 e. The Morgan fingerprint density at radius 3 is 3.32 bits per heavy atom. The topological polar surface area (TPSA) is 53.9 Å². The zero-order valence-electron chi connectivity index (χ0n) is 11.0. The first kappa shape index (κ1) is 12.0. The molecule has 5 nitrogen and oxygen atoms in total. The molecule has 1 aliphatic heterocycles. The van der Waals surface area contributed by atoms with Gasteiger partial charge in [-0.2, -0.15) is 0 Å². The summed E-state index contributed by atoms with van der Waals surface area (Å²) in [5.41, 5.74) is 0.724. The van der Waals surface area contributed by atoms with E-state index in [9.17, 15) is 4.79 Å². The Morgan fingerprint density at radius 2 is 2.53 bits per heavy atom. The highest BCUT2D eigenvalue weighted by molar-refractivity contribution is 5.93. The molecule has 0 bridgehead atoms. The van der Waals surface area contributed by atoms with Crippen LogP contribution >= 0.6 is 0 Å². The van der Waals surface area contributed by atoms with Gasteiger partial charge >= 0.3 is 0 Å². The Morgan fingerprint density at radius 1 is 1.63 bits per heavy atom. The molecule has 0 radical (unpaired) electrons. The highest BCUT2D eigenvalue weighted by Crippen LogP contribution is 2.19. The first-order valence-electron chi connectivity index (χ1n) is 6.62. The second-order valence-electron chi connectivity index (χ2n) is 5.19. The Kier molecular flexibility index (Phi) is 3.11. The number of H-pyrrole nitrogens is 1. The van der Waals surface area contributed by atoms with Crippen LogP contribution < -0.4 is 0 Å². The minimum atomic E-state index is 0.0812. The average molecular weight is 258 g/mol. The quantitative estimate of drug-likeness (QED) is 0.908. The van der Waals surface area contributed by atoms with E-state index in [2.05, 4.69) is 14.5 Å². The van der Waals surface area contributed by atoms with Crippen molar-refractivity contribution in [1.82, 2.24) is 19.4 Å². The predicted molar refractivity (Wildman–Crippen MR) is 71.8 cm³/mol. The molecule has 100 valence electrons. The summed E-state index contributed by atoms with van der Waals surface area (Å²) in [7, 11) is 1.87. The molecule has 0 saturated carbocycles. The molecule has 0 spiro atoms. The molecular formula is C14H18N4O. The van der Waals surface area contributed by atoms with Gasteiger partial charge in [-0.1, -0.05) is 0 Å². The molecule has 19 heavy (non-hydrogen) atoms. The van der Waals surface area contributed by atoms with E-state index in [1.54, 1.807) is 12.4 Å². The van der Waals surface area contributed by atoms with E-state index in [4.69, 9.17) is 0 Å². The van der Waals surface area contributed by atoms with Gasteiger partial charge in [0.25, 0.3) is 5.91 Å². The minimum absolute atomic E-state index is 0.0812. The van der Waals surface area contributed by atoms with Crippen LogP contribution in [0.25, 0.3) is 0 Å². The van der Waals surface area contributed by atoms with Crippen LogP contribution in [0.1, 0.15) is 22.6 Å². The molecule has 0 fully saturated rings. The third-order valence-electron chi connectivity index (χ3n) is 3.76. The molecule has 1 N–H and O–H groups in total. The van der Waals surface area contributed by atoms with E-state index in [0.29, 0.717) is 5.92 Å². The molecule has 1 atom stereocenters. The van der Waals surface area contributed by atoms with Crippen molar-refractivity contribution in [2.75, 3.05) is 13.6 Å². The summed E-state index contributed by atoms with van der Waals surface area (Å²) in [6.07, 6.45) is 9.50. The van der Waals surface area contributed by atoms with E-state index in [1.165, 1.54) is 0 Å². The molecule has 3 heterocycles. The number of hydrogen-bond acceptors (Lipinski definition) is 2. The van der Waals surface area contributed by atoms with E-state index < -0.39 is 0 Å². The number of aryl methyl sites for hydroxylation is 1. The second kappa shape index (κ2) is 4.91. The van der Waals surface area contributed by atoms with Crippen molar-refractivity contribution in [3.63, 3.8) is 0 Å². The number of carbonyl (C=O) groups excluding carboxylic acids is 1. The normalized spacial score (nSPS) is 18.1. The Hall–Kier alpha value is -2.04. The maximum Gasteiger partial charge on any atom is 0.255 e. The van der Waals surface area contributed by atoms with Gasteiger partial charge < -0.3 is 14.5 Å². The number of hydrogen-bond donors (Lipinski definition) is 1. The highest BCUT2D eigenvalue weighted by atomic mass is 16.2. The Labute approximate surface area is 112 Å². The fourth-order valence-corrected chi connectivity index (χ4v) is 2.73. The van der Waals surface area contributed by atoms with Crippen molar-refractivity contribution in [2.24, 2.45) is 5.92 Å². The van der Waals surface area contributed by atoms with Crippen molar-refractivity contribution in [3.05, 3.63) is 42.2 Å². The molecule has 1 amide bonds. The van der Waals surface area contributed by atoms with Gasteiger partial charge in [0.05, 0.1) is 5.56 Å². The molecule has 2 aromatic heterocycles. The third-order valence-corrected chi connectivity index (χ3v) is 3.76. The lowest BCUT2D eigenvalue weighted by Crippen LogP contribution is -2.35. The van der Waals surface area contributed by atoms with Crippen molar-refractivity contribution in [2.45, 2.75) is 19.4 Å². The molecule has 0 unspecified atom stereocenters. The summed E-state index contributed by atoms with van der Waals surface area (Å²) in [6.45, 7) is 1.75. The van der Waals surface area contributed by atoms with Crippen molar-refractivity contribution >= 4 is 5.91 Å². The molecule has 0 aromatic carbocycles. The maximum atomic E-state index is 12.2. The van der Waals surface area contributed by atoms with Crippen LogP contribution in [0, 0.1) is 5.92 Å². The van der Waals surface area contributed by atoms with E-state index >= 15 is 0 Å². The fourth-order valence-electron chi connectivity index (χ4n) is 2.73. The second-order valence-corrected chi connectivity index (χ2v) is 5.19. The summed E-state index contributed by atoms with van der Waals surface area (Å²) >= 11 is 0. The zero-order valence-corrected chi connectivity index (χ0v) is 11.0.